The number of carbonyl (C=O) groups is 1. The molecule has 1 aliphatic carbocycles. The zero-order valence-corrected chi connectivity index (χ0v) is 15.1. The number of nitrogens with one attached hydrogen (secondary N) is 1. The smallest absolute Gasteiger partial charge is 0.274 e. The third-order valence-electron chi connectivity index (χ3n) is 5.55. The minimum absolute atomic E-state index is 0.114. The summed E-state index contributed by atoms with van der Waals surface area (Å²) in [6, 6.07) is 8.56. The highest BCUT2D eigenvalue weighted by atomic mass is 16.2. The topological polar surface area (TPSA) is 50.2 Å². The molecule has 0 spiro atoms. The second-order valence-corrected chi connectivity index (χ2v) is 7.18. The molecule has 2 aromatic rings. The molecule has 2 heterocycles. The largest absolute Gasteiger partial charge is 0.333 e. The number of rotatable bonds is 4. The maximum absolute atomic E-state index is 13.2. The van der Waals surface area contributed by atoms with Crippen LogP contribution in [0.5, 0.6) is 0 Å². The Hall–Kier alpha value is -2.14. The molecule has 5 nitrogen and oxygen atoms in total. The van der Waals surface area contributed by atoms with Crippen LogP contribution in [0.1, 0.15) is 46.6 Å². The third-order valence-corrected chi connectivity index (χ3v) is 5.55. The van der Waals surface area contributed by atoms with Crippen molar-refractivity contribution >= 4 is 5.91 Å². The standard InChI is InChI=1S/C20H26N4O/c1-14-7-3-4-10-17(14)24-18-11-5-9-16(18)19(22-24)20(25)23-12-6-8-15(23)13-21-2/h3-4,7,10,15,21H,5-6,8-9,11-13H2,1-2H3. The zero-order chi connectivity index (χ0) is 17.4. The third kappa shape index (κ3) is 2.76. The summed E-state index contributed by atoms with van der Waals surface area (Å²) in [7, 11) is 1.95. The molecule has 1 N–H and O–H groups in total. The van der Waals surface area contributed by atoms with Crippen molar-refractivity contribution in [3.63, 3.8) is 0 Å². The molecule has 1 unspecified atom stereocenters. The number of likely N-dealkylation sites (tertiary alicyclic amines) is 1. The number of hydrogen-bond acceptors (Lipinski definition) is 3. The van der Waals surface area contributed by atoms with Crippen LogP contribution in [0.3, 0.4) is 0 Å². The predicted octanol–water partition coefficient (Wildman–Crippen LogP) is 2.49. The van der Waals surface area contributed by atoms with Crippen LogP contribution in [0.25, 0.3) is 5.69 Å². The summed E-state index contributed by atoms with van der Waals surface area (Å²) in [4.78, 5) is 15.3. The number of fused-ring (bicyclic) bond motifs is 1. The van der Waals surface area contributed by atoms with Crippen LogP contribution in [-0.2, 0) is 12.8 Å². The van der Waals surface area contributed by atoms with Gasteiger partial charge in [-0.2, -0.15) is 5.10 Å². The monoisotopic (exact) mass is 338 g/mol. The molecule has 0 bridgehead atoms. The summed E-state index contributed by atoms with van der Waals surface area (Å²) in [5, 5.41) is 8.02. The summed E-state index contributed by atoms with van der Waals surface area (Å²) < 4.78 is 2.02. The van der Waals surface area contributed by atoms with Crippen LogP contribution in [0, 0.1) is 6.92 Å². The molecule has 132 valence electrons. The van der Waals surface area contributed by atoms with Gasteiger partial charge in [-0.1, -0.05) is 18.2 Å². The van der Waals surface area contributed by atoms with Gasteiger partial charge in [0.15, 0.2) is 5.69 Å². The van der Waals surface area contributed by atoms with Gasteiger partial charge < -0.3 is 10.2 Å². The van der Waals surface area contributed by atoms with Crippen LogP contribution in [0.4, 0.5) is 0 Å². The molecule has 25 heavy (non-hydrogen) atoms. The average molecular weight is 338 g/mol. The number of amides is 1. The van der Waals surface area contributed by atoms with E-state index in [9.17, 15) is 4.79 Å². The number of hydrogen-bond donors (Lipinski definition) is 1. The first-order chi connectivity index (χ1) is 12.2. The molecule has 1 saturated heterocycles. The van der Waals surface area contributed by atoms with Crippen molar-refractivity contribution in [1.29, 1.82) is 0 Å². The molecule has 4 rings (SSSR count). The van der Waals surface area contributed by atoms with Gasteiger partial charge in [0.1, 0.15) is 0 Å². The van der Waals surface area contributed by atoms with Crippen molar-refractivity contribution in [2.45, 2.75) is 45.1 Å². The van der Waals surface area contributed by atoms with E-state index < -0.39 is 0 Å². The number of nitrogens with zero attached hydrogens (tertiary/aromatic N) is 3. The molecular weight excluding hydrogens is 312 g/mol. The molecule has 1 aliphatic heterocycles. The maximum Gasteiger partial charge on any atom is 0.274 e. The van der Waals surface area contributed by atoms with Crippen LogP contribution in [0.2, 0.25) is 0 Å². The normalized spacial score (nSPS) is 19.4. The van der Waals surface area contributed by atoms with Crippen LogP contribution in [-0.4, -0.2) is 46.8 Å². The lowest BCUT2D eigenvalue weighted by atomic mass is 10.1. The van der Waals surface area contributed by atoms with E-state index in [0.29, 0.717) is 5.69 Å². The van der Waals surface area contributed by atoms with Gasteiger partial charge in [-0.05, 0) is 57.7 Å². The second kappa shape index (κ2) is 6.64. The van der Waals surface area contributed by atoms with Crippen molar-refractivity contribution in [2.24, 2.45) is 0 Å². The molecule has 2 aliphatic rings. The van der Waals surface area contributed by atoms with E-state index in [4.69, 9.17) is 5.10 Å². The Balaban J connectivity index is 1.73. The van der Waals surface area contributed by atoms with Gasteiger partial charge in [0, 0.05) is 30.4 Å². The molecule has 1 fully saturated rings. The van der Waals surface area contributed by atoms with Gasteiger partial charge in [0.05, 0.1) is 5.69 Å². The highest BCUT2D eigenvalue weighted by Gasteiger charge is 2.34. The first-order valence-electron chi connectivity index (χ1n) is 9.33. The van der Waals surface area contributed by atoms with Gasteiger partial charge in [-0.3, -0.25) is 4.79 Å². The second-order valence-electron chi connectivity index (χ2n) is 7.18. The molecule has 0 radical (unpaired) electrons. The van der Waals surface area contributed by atoms with Crippen LogP contribution in [0.15, 0.2) is 24.3 Å². The lowest BCUT2D eigenvalue weighted by Crippen LogP contribution is -2.41. The Morgan fingerprint density at radius 3 is 2.92 bits per heavy atom. The predicted molar refractivity (Wildman–Crippen MR) is 98.3 cm³/mol. The van der Waals surface area contributed by atoms with Gasteiger partial charge in [-0.15, -0.1) is 0 Å². The van der Waals surface area contributed by atoms with Gasteiger partial charge >= 0.3 is 0 Å². The fourth-order valence-corrected chi connectivity index (χ4v) is 4.30. The Labute approximate surface area is 149 Å². The minimum atomic E-state index is 0.114. The Kier molecular flexibility index (Phi) is 4.34. The highest BCUT2D eigenvalue weighted by Crippen LogP contribution is 2.30. The number of para-hydroxylation sites is 1. The van der Waals surface area contributed by atoms with Gasteiger partial charge in [-0.25, -0.2) is 4.68 Å². The fraction of sp³-hybridized carbons (Fsp3) is 0.500. The van der Waals surface area contributed by atoms with E-state index in [1.807, 2.05) is 28.8 Å². The van der Waals surface area contributed by atoms with E-state index in [-0.39, 0.29) is 11.9 Å². The molecule has 1 atom stereocenters. The highest BCUT2D eigenvalue weighted by molar-refractivity contribution is 5.94. The zero-order valence-electron chi connectivity index (χ0n) is 15.1. The number of aromatic nitrogens is 2. The summed E-state index contributed by atoms with van der Waals surface area (Å²) in [6.07, 6.45) is 5.24. The Morgan fingerprint density at radius 2 is 2.12 bits per heavy atom. The summed E-state index contributed by atoms with van der Waals surface area (Å²) in [5.74, 6) is 0.114. The molecule has 1 aromatic heterocycles. The quantitative estimate of drug-likeness (QED) is 0.932. The van der Waals surface area contributed by atoms with E-state index in [0.717, 1.165) is 50.9 Å². The van der Waals surface area contributed by atoms with Crippen molar-refractivity contribution < 1.29 is 4.79 Å². The number of benzene rings is 1. The van der Waals surface area contributed by atoms with Crippen molar-refractivity contribution in [3.8, 4) is 5.69 Å². The maximum atomic E-state index is 13.2. The molecular formula is C20H26N4O. The number of aryl methyl sites for hydroxylation is 1. The molecule has 5 heteroatoms. The lowest BCUT2D eigenvalue weighted by molar-refractivity contribution is 0.0729. The van der Waals surface area contributed by atoms with Crippen molar-refractivity contribution in [3.05, 3.63) is 46.8 Å². The van der Waals surface area contributed by atoms with Crippen LogP contribution < -0.4 is 5.32 Å². The number of carbonyl (C=O) groups excluding carboxylic acids is 1. The van der Waals surface area contributed by atoms with Gasteiger partial charge in [0.25, 0.3) is 5.91 Å². The number of likely N-dealkylation sites (N-methyl/N-ethyl adjacent to an activating group) is 1. The molecule has 1 aromatic carbocycles. The van der Waals surface area contributed by atoms with Crippen molar-refractivity contribution in [1.82, 2.24) is 20.0 Å². The SMILES string of the molecule is CNCC1CCCN1C(=O)c1nn(-c2ccccc2C)c2c1CCC2. The molecule has 1 amide bonds. The fourth-order valence-electron chi connectivity index (χ4n) is 4.30. The Bertz CT molecular complexity index is 795. The van der Waals surface area contributed by atoms with Crippen molar-refractivity contribution in [2.75, 3.05) is 20.1 Å². The van der Waals surface area contributed by atoms with Gasteiger partial charge in [0.2, 0.25) is 0 Å². The van der Waals surface area contributed by atoms with E-state index in [2.05, 4.69) is 24.4 Å². The van der Waals surface area contributed by atoms with E-state index in [1.54, 1.807) is 0 Å². The van der Waals surface area contributed by atoms with E-state index in [1.165, 1.54) is 16.8 Å². The summed E-state index contributed by atoms with van der Waals surface area (Å²) in [6.45, 7) is 3.80. The first kappa shape index (κ1) is 16.3. The summed E-state index contributed by atoms with van der Waals surface area (Å²) in [5.41, 5.74) is 5.35. The lowest BCUT2D eigenvalue weighted by Gasteiger charge is -2.24. The summed E-state index contributed by atoms with van der Waals surface area (Å²) >= 11 is 0. The average Bonchev–Trinajstić information content (AvgIpc) is 3.31. The first-order valence-corrected chi connectivity index (χ1v) is 9.33. The van der Waals surface area contributed by atoms with E-state index >= 15 is 0 Å². The molecule has 0 saturated carbocycles. The van der Waals surface area contributed by atoms with Crippen LogP contribution >= 0.6 is 0 Å². The minimum Gasteiger partial charge on any atom is -0.333 e. The Morgan fingerprint density at radius 1 is 1.28 bits per heavy atom.